The first-order valence-corrected chi connectivity index (χ1v) is 9.98. The summed E-state index contributed by atoms with van der Waals surface area (Å²) in [6.45, 7) is 0. The number of fused-ring (bicyclic) bond motifs is 1. The third kappa shape index (κ3) is 3.35. The number of benzene rings is 2. The SMILES string of the molecule is O=S1(=O)N=C(CSc2ncc(-c3ccc(F)cc3)o2)Nc2ccccc21. The lowest BCUT2D eigenvalue weighted by molar-refractivity contribution is 0.466. The van der Waals surface area contributed by atoms with Gasteiger partial charge in [0.15, 0.2) is 5.76 Å². The molecule has 1 N–H and O–H groups in total. The maximum absolute atomic E-state index is 13.0. The molecule has 0 fully saturated rings. The quantitative estimate of drug-likeness (QED) is 0.684. The highest BCUT2D eigenvalue weighted by atomic mass is 32.2. The van der Waals surface area contributed by atoms with Crippen LogP contribution in [0.3, 0.4) is 0 Å². The van der Waals surface area contributed by atoms with Gasteiger partial charge in [0.2, 0.25) is 0 Å². The van der Waals surface area contributed by atoms with E-state index in [0.717, 1.165) is 0 Å². The standard InChI is InChI=1S/C17H12FN3O3S2/c18-12-7-5-11(6-8-12)14-9-19-17(24-14)25-10-16-20-13-3-1-2-4-15(13)26(22,23)21-16/h1-9H,10H2,(H,20,21). The third-order valence-electron chi connectivity index (χ3n) is 3.62. The fourth-order valence-electron chi connectivity index (χ4n) is 2.43. The van der Waals surface area contributed by atoms with Gasteiger partial charge < -0.3 is 9.73 Å². The lowest BCUT2D eigenvalue weighted by Crippen LogP contribution is -2.23. The summed E-state index contributed by atoms with van der Waals surface area (Å²) in [5.41, 5.74) is 1.20. The molecule has 0 aliphatic carbocycles. The molecule has 132 valence electrons. The molecule has 9 heteroatoms. The fourth-order valence-corrected chi connectivity index (χ4v) is 4.33. The number of thioether (sulfide) groups is 1. The van der Waals surface area contributed by atoms with Crippen LogP contribution in [0.1, 0.15) is 0 Å². The van der Waals surface area contributed by atoms with E-state index in [1.807, 2.05) is 0 Å². The van der Waals surface area contributed by atoms with Gasteiger partial charge in [0.1, 0.15) is 16.5 Å². The van der Waals surface area contributed by atoms with Gasteiger partial charge in [-0.25, -0.2) is 9.37 Å². The van der Waals surface area contributed by atoms with Gasteiger partial charge in [-0.15, -0.1) is 4.40 Å². The Morgan fingerprint density at radius 3 is 2.69 bits per heavy atom. The highest BCUT2D eigenvalue weighted by Crippen LogP contribution is 2.29. The number of halogens is 1. The number of nitrogens with zero attached hydrogens (tertiary/aromatic N) is 2. The minimum Gasteiger partial charge on any atom is -0.431 e. The number of rotatable bonds is 4. The van der Waals surface area contributed by atoms with Gasteiger partial charge in [-0.3, -0.25) is 0 Å². The van der Waals surface area contributed by atoms with Crippen molar-refractivity contribution < 1.29 is 17.2 Å². The van der Waals surface area contributed by atoms with E-state index in [1.165, 1.54) is 36.2 Å². The van der Waals surface area contributed by atoms with Crippen LogP contribution in [0.15, 0.2) is 73.7 Å². The molecule has 0 amide bonds. The molecule has 1 aliphatic heterocycles. The van der Waals surface area contributed by atoms with E-state index < -0.39 is 10.0 Å². The largest absolute Gasteiger partial charge is 0.431 e. The van der Waals surface area contributed by atoms with E-state index in [0.29, 0.717) is 28.1 Å². The van der Waals surface area contributed by atoms with E-state index in [1.54, 1.807) is 30.3 Å². The lowest BCUT2D eigenvalue weighted by atomic mass is 10.2. The smallest absolute Gasteiger partial charge is 0.286 e. The second kappa shape index (κ2) is 6.58. The van der Waals surface area contributed by atoms with Crippen LogP contribution in [0.2, 0.25) is 0 Å². The average molecular weight is 389 g/mol. The molecule has 0 spiro atoms. The van der Waals surface area contributed by atoms with Crippen LogP contribution in [-0.4, -0.2) is 25.0 Å². The van der Waals surface area contributed by atoms with Crippen LogP contribution in [0.5, 0.6) is 0 Å². The van der Waals surface area contributed by atoms with Crippen molar-refractivity contribution in [3.63, 3.8) is 0 Å². The Labute approximate surface area is 153 Å². The number of hydrogen-bond acceptors (Lipinski definition) is 6. The van der Waals surface area contributed by atoms with E-state index >= 15 is 0 Å². The molecule has 0 saturated carbocycles. The summed E-state index contributed by atoms with van der Waals surface area (Å²) in [7, 11) is -3.71. The van der Waals surface area contributed by atoms with Crippen LogP contribution < -0.4 is 5.32 Å². The number of aromatic nitrogens is 1. The van der Waals surface area contributed by atoms with Crippen LogP contribution in [-0.2, 0) is 10.0 Å². The first-order valence-electron chi connectivity index (χ1n) is 7.56. The molecule has 6 nitrogen and oxygen atoms in total. The molecular formula is C17H12FN3O3S2. The average Bonchev–Trinajstić information content (AvgIpc) is 3.09. The maximum atomic E-state index is 13.0. The van der Waals surface area contributed by atoms with Crippen molar-refractivity contribution in [3.8, 4) is 11.3 Å². The number of sulfonamides is 1. The molecule has 0 unspecified atom stereocenters. The van der Waals surface area contributed by atoms with Crippen LogP contribution >= 0.6 is 11.8 Å². The summed E-state index contributed by atoms with van der Waals surface area (Å²) in [6.07, 6.45) is 1.54. The summed E-state index contributed by atoms with van der Waals surface area (Å²) in [5, 5.41) is 3.37. The van der Waals surface area contributed by atoms with Gasteiger partial charge in [0.05, 0.1) is 17.6 Å². The van der Waals surface area contributed by atoms with Gasteiger partial charge in [-0.1, -0.05) is 23.9 Å². The van der Waals surface area contributed by atoms with Crippen molar-refractivity contribution in [2.75, 3.05) is 11.1 Å². The molecule has 2 heterocycles. The van der Waals surface area contributed by atoms with Crippen molar-refractivity contribution in [1.82, 2.24) is 4.98 Å². The zero-order chi connectivity index (χ0) is 18.1. The van der Waals surface area contributed by atoms with E-state index in [4.69, 9.17) is 4.42 Å². The predicted octanol–water partition coefficient (Wildman–Crippen LogP) is 3.79. The van der Waals surface area contributed by atoms with E-state index in [-0.39, 0.29) is 16.5 Å². The molecule has 2 aromatic carbocycles. The fraction of sp³-hybridized carbons (Fsp3) is 0.0588. The summed E-state index contributed by atoms with van der Waals surface area (Å²) >= 11 is 1.21. The molecule has 0 saturated heterocycles. The predicted molar refractivity (Wildman–Crippen MR) is 97.3 cm³/mol. The monoisotopic (exact) mass is 389 g/mol. The molecule has 1 aromatic heterocycles. The lowest BCUT2D eigenvalue weighted by Gasteiger charge is -2.17. The number of hydrogen-bond donors (Lipinski definition) is 1. The first-order chi connectivity index (χ1) is 12.5. The molecule has 3 aromatic rings. The Morgan fingerprint density at radius 1 is 1.12 bits per heavy atom. The van der Waals surface area contributed by atoms with Gasteiger partial charge in [0, 0.05) is 5.56 Å². The summed E-state index contributed by atoms with van der Waals surface area (Å²) in [6, 6.07) is 12.5. The van der Waals surface area contributed by atoms with Crippen LogP contribution in [0.4, 0.5) is 10.1 Å². The number of anilines is 1. The number of nitrogens with one attached hydrogen (secondary N) is 1. The molecule has 0 atom stereocenters. The Hall–Kier alpha value is -2.65. The molecule has 0 bridgehead atoms. The summed E-state index contributed by atoms with van der Waals surface area (Å²) in [4.78, 5) is 4.31. The second-order valence-corrected chi connectivity index (χ2v) is 7.92. The number of oxazole rings is 1. The van der Waals surface area contributed by atoms with Crippen LogP contribution in [0.25, 0.3) is 11.3 Å². The zero-order valence-corrected chi connectivity index (χ0v) is 14.8. The Morgan fingerprint density at radius 2 is 1.88 bits per heavy atom. The highest BCUT2D eigenvalue weighted by Gasteiger charge is 2.24. The minimum atomic E-state index is -3.71. The second-order valence-electron chi connectivity index (χ2n) is 5.42. The van der Waals surface area contributed by atoms with E-state index in [2.05, 4.69) is 14.7 Å². The molecule has 1 aliphatic rings. The molecule has 4 rings (SSSR count). The van der Waals surface area contributed by atoms with Gasteiger partial charge in [-0.05, 0) is 36.4 Å². The topological polar surface area (TPSA) is 84.6 Å². The minimum absolute atomic E-state index is 0.156. The molecular weight excluding hydrogens is 377 g/mol. The Kier molecular flexibility index (Phi) is 4.25. The Bertz CT molecular complexity index is 1090. The number of para-hydroxylation sites is 1. The summed E-state index contributed by atoms with van der Waals surface area (Å²) in [5.74, 6) is 0.724. The highest BCUT2D eigenvalue weighted by molar-refractivity contribution is 7.99. The third-order valence-corrected chi connectivity index (χ3v) is 5.85. The summed E-state index contributed by atoms with van der Waals surface area (Å²) < 4.78 is 46.8. The van der Waals surface area contributed by atoms with Crippen molar-refractivity contribution >= 4 is 33.3 Å². The van der Waals surface area contributed by atoms with Gasteiger partial charge in [-0.2, -0.15) is 8.42 Å². The van der Waals surface area contributed by atoms with Crippen molar-refractivity contribution in [2.24, 2.45) is 4.40 Å². The van der Waals surface area contributed by atoms with Gasteiger partial charge >= 0.3 is 0 Å². The Balaban J connectivity index is 1.49. The van der Waals surface area contributed by atoms with Crippen molar-refractivity contribution in [2.45, 2.75) is 10.1 Å². The van der Waals surface area contributed by atoms with Crippen molar-refractivity contribution in [1.29, 1.82) is 0 Å². The molecule has 0 radical (unpaired) electrons. The normalized spacial score (nSPS) is 15.0. The van der Waals surface area contributed by atoms with Crippen molar-refractivity contribution in [3.05, 3.63) is 60.5 Å². The number of amidine groups is 1. The maximum Gasteiger partial charge on any atom is 0.286 e. The van der Waals surface area contributed by atoms with E-state index in [9.17, 15) is 12.8 Å². The van der Waals surface area contributed by atoms with Crippen LogP contribution in [0, 0.1) is 5.82 Å². The first kappa shape index (κ1) is 16.8. The zero-order valence-electron chi connectivity index (χ0n) is 13.2. The van der Waals surface area contributed by atoms with Gasteiger partial charge in [0.25, 0.3) is 15.2 Å². The molecule has 26 heavy (non-hydrogen) atoms.